The average molecular weight is 563 g/mol. The highest BCUT2D eigenvalue weighted by Gasteiger charge is 2.68. The third kappa shape index (κ3) is 4.59. The lowest BCUT2D eigenvalue weighted by atomic mass is 9.87. The van der Waals surface area contributed by atoms with E-state index in [1.807, 2.05) is 18.2 Å². The first-order valence-electron chi connectivity index (χ1n) is 12.8. The Labute approximate surface area is 218 Å². The third-order valence-electron chi connectivity index (χ3n) is 7.97. The number of rotatable bonds is 9. The highest BCUT2D eigenvalue weighted by molar-refractivity contribution is 9.11. The maximum Gasteiger partial charge on any atom is 0.338 e. The molecule has 6 bridgehead atoms. The van der Waals surface area contributed by atoms with E-state index in [9.17, 15) is 9.59 Å². The molecule has 0 radical (unpaired) electrons. The largest absolute Gasteiger partial charge is 0.458 e. The van der Waals surface area contributed by atoms with Crippen LogP contribution in [-0.4, -0.2) is 73.0 Å². The number of carbonyl (C=O) groups is 2. The number of esters is 1. The molecule has 8 nitrogen and oxygen atoms in total. The lowest BCUT2D eigenvalue weighted by Crippen LogP contribution is -2.61. The highest BCUT2D eigenvalue weighted by Crippen LogP contribution is 2.54. The lowest BCUT2D eigenvalue weighted by Gasteiger charge is -2.47. The van der Waals surface area contributed by atoms with Crippen LogP contribution in [0.1, 0.15) is 55.3 Å². The van der Waals surface area contributed by atoms with Gasteiger partial charge in [-0.15, -0.1) is 0 Å². The summed E-state index contributed by atoms with van der Waals surface area (Å²) in [7, 11) is 0. The molecular weight excluding hydrogens is 532 g/mol. The smallest absolute Gasteiger partial charge is 0.338 e. The first kappa shape index (κ1) is 24.7. The molecule has 0 amide bonds. The molecule has 6 aliphatic heterocycles. The lowest BCUT2D eigenvalue weighted by molar-refractivity contribution is -0.292. The second kappa shape index (κ2) is 9.93. The number of carbonyl (C=O) groups excluding carboxylic acids is 2. The molecule has 6 aliphatic rings. The molecule has 2 unspecified atom stereocenters. The molecule has 0 spiro atoms. The van der Waals surface area contributed by atoms with E-state index >= 15 is 0 Å². The molecule has 6 fully saturated rings. The Morgan fingerprint density at radius 3 is 2.58 bits per heavy atom. The zero-order chi connectivity index (χ0) is 24.9. The molecule has 0 N–H and O–H groups in total. The average Bonchev–Trinajstić information content (AvgIpc) is 3.28. The van der Waals surface area contributed by atoms with Crippen LogP contribution in [0.5, 0.6) is 0 Å². The summed E-state index contributed by atoms with van der Waals surface area (Å²) in [6.07, 6.45) is 3.01. The van der Waals surface area contributed by atoms with Gasteiger partial charge in [0, 0.05) is 25.7 Å². The molecule has 0 aliphatic carbocycles. The van der Waals surface area contributed by atoms with Crippen LogP contribution < -0.4 is 0 Å². The molecule has 9 heteroatoms. The van der Waals surface area contributed by atoms with Gasteiger partial charge in [0.05, 0.1) is 23.9 Å². The number of hydrogen-bond donors (Lipinski definition) is 0. The van der Waals surface area contributed by atoms with Gasteiger partial charge in [-0.25, -0.2) is 4.79 Å². The molecule has 10 atom stereocenters. The van der Waals surface area contributed by atoms with E-state index < -0.39 is 11.9 Å². The van der Waals surface area contributed by atoms with Crippen molar-refractivity contribution in [1.82, 2.24) is 0 Å². The van der Waals surface area contributed by atoms with Crippen LogP contribution in [0, 0.1) is 0 Å². The van der Waals surface area contributed by atoms with E-state index in [-0.39, 0.29) is 54.8 Å². The summed E-state index contributed by atoms with van der Waals surface area (Å²) in [6.45, 7) is 3.94. The van der Waals surface area contributed by atoms with Crippen molar-refractivity contribution in [2.75, 3.05) is 0 Å². The van der Waals surface area contributed by atoms with Crippen molar-refractivity contribution >= 4 is 28.2 Å². The summed E-state index contributed by atoms with van der Waals surface area (Å²) in [5.41, 5.74) is 0.509. The number of halogens is 1. The van der Waals surface area contributed by atoms with Crippen molar-refractivity contribution in [2.45, 2.75) is 106 Å². The minimum absolute atomic E-state index is 0.0993. The maximum atomic E-state index is 12.7. The predicted molar refractivity (Wildman–Crippen MR) is 131 cm³/mol. The maximum absolute atomic E-state index is 12.7. The van der Waals surface area contributed by atoms with Crippen LogP contribution in [0.25, 0.3) is 0 Å². The molecule has 0 saturated carbocycles. The van der Waals surface area contributed by atoms with Crippen molar-refractivity contribution in [1.29, 1.82) is 0 Å². The van der Waals surface area contributed by atoms with Crippen molar-refractivity contribution in [2.24, 2.45) is 0 Å². The fraction of sp³-hybridized carbons (Fsp3) is 0.630. The fourth-order valence-electron chi connectivity index (χ4n) is 6.38. The molecule has 0 aromatic heterocycles. The van der Waals surface area contributed by atoms with Crippen molar-refractivity contribution in [3.63, 3.8) is 0 Å². The van der Waals surface area contributed by atoms with Gasteiger partial charge in [-0.1, -0.05) is 40.7 Å². The van der Waals surface area contributed by atoms with Gasteiger partial charge in [-0.05, 0) is 35.9 Å². The first-order chi connectivity index (χ1) is 17.4. The van der Waals surface area contributed by atoms with Crippen LogP contribution in [0.3, 0.4) is 0 Å². The van der Waals surface area contributed by atoms with Crippen molar-refractivity contribution < 1.29 is 38.0 Å². The van der Waals surface area contributed by atoms with Gasteiger partial charge in [0.2, 0.25) is 0 Å². The van der Waals surface area contributed by atoms with Gasteiger partial charge < -0.3 is 33.2 Å². The van der Waals surface area contributed by atoms with Crippen LogP contribution in [0.2, 0.25) is 0 Å². The van der Waals surface area contributed by atoms with E-state index in [1.54, 1.807) is 12.1 Å². The van der Waals surface area contributed by atoms with Gasteiger partial charge in [-0.3, -0.25) is 0 Å². The second-order valence-corrected chi connectivity index (χ2v) is 11.5. The molecule has 36 heavy (non-hydrogen) atoms. The van der Waals surface area contributed by atoms with Crippen LogP contribution in [0.4, 0.5) is 0 Å². The number of ether oxygens (including phenoxy) is 6. The number of aldehydes is 1. The summed E-state index contributed by atoms with van der Waals surface area (Å²) < 4.78 is 39.0. The summed E-state index contributed by atoms with van der Waals surface area (Å²) in [5, 5.41) is 0. The second-order valence-electron chi connectivity index (χ2n) is 10.4. The topological polar surface area (TPSA) is 89.5 Å². The number of benzene rings is 1. The molecular formula is C27H31BrO8. The van der Waals surface area contributed by atoms with Crippen molar-refractivity contribution in [3.8, 4) is 0 Å². The zero-order valence-electron chi connectivity index (χ0n) is 20.0. The predicted octanol–water partition coefficient (Wildman–Crippen LogP) is 3.85. The first-order valence-corrected chi connectivity index (χ1v) is 13.6. The summed E-state index contributed by atoms with van der Waals surface area (Å²) in [6, 6.07) is 8.96. The molecule has 7 rings (SSSR count). The normalized spacial score (nSPS) is 40.8. The third-order valence-corrected chi connectivity index (χ3v) is 8.29. The van der Waals surface area contributed by atoms with Gasteiger partial charge >= 0.3 is 5.97 Å². The Morgan fingerprint density at radius 1 is 1.06 bits per heavy atom. The van der Waals surface area contributed by atoms with E-state index in [0.29, 0.717) is 37.7 Å². The van der Waals surface area contributed by atoms with Gasteiger partial charge in [0.1, 0.15) is 42.9 Å². The van der Waals surface area contributed by atoms with Crippen LogP contribution in [0.15, 0.2) is 41.4 Å². The quantitative estimate of drug-likeness (QED) is 0.331. The van der Waals surface area contributed by atoms with E-state index in [4.69, 9.17) is 28.4 Å². The number of fused-ring (bicyclic) bond motifs is 1. The van der Waals surface area contributed by atoms with E-state index in [2.05, 4.69) is 22.5 Å². The summed E-state index contributed by atoms with van der Waals surface area (Å²) >= 11 is 3.42. The van der Waals surface area contributed by atoms with Gasteiger partial charge in [0.15, 0.2) is 5.79 Å². The molecule has 6 saturated heterocycles. The monoisotopic (exact) mass is 562 g/mol. The van der Waals surface area contributed by atoms with E-state index in [1.165, 1.54) is 0 Å². The molecule has 1 aromatic rings. The SMILES string of the molecule is C=C(Br)C[C@@H](CC[C@@]12CC3O[C@H]4C(O1)[C@H]1O[C@@H](CC=O)CC[C@@H]1O[C@H]4[C@H]3O2)OC(=O)c1ccccc1. The minimum atomic E-state index is -0.867. The Morgan fingerprint density at radius 2 is 1.81 bits per heavy atom. The Hall–Kier alpha value is -1.62. The zero-order valence-corrected chi connectivity index (χ0v) is 21.5. The van der Waals surface area contributed by atoms with Crippen LogP contribution >= 0.6 is 15.9 Å². The highest BCUT2D eigenvalue weighted by atomic mass is 79.9. The minimum Gasteiger partial charge on any atom is -0.458 e. The summed E-state index contributed by atoms with van der Waals surface area (Å²) in [4.78, 5) is 23.8. The number of hydrogen-bond acceptors (Lipinski definition) is 8. The Kier molecular flexibility index (Phi) is 6.81. The summed E-state index contributed by atoms with van der Waals surface area (Å²) in [5.74, 6) is -1.23. The molecule has 6 heterocycles. The van der Waals surface area contributed by atoms with Gasteiger partial charge in [0.25, 0.3) is 0 Å². The Balaban J connectivity index is 1.18. The standard InChI is InChI=1S/C27H31BrO8/c1-15(28)13-18(32-26(30)16-5-3-2-4-6-16)9-11-27-14-20-22(35-27)23-24(34-20)25(36-27)21-19(33-23)8-7-17(31-21)10-12-29/h2-6,12,17-25H,1,7-11,13-14H2/t17-,18-,19+,20?,21+,22+,23+,24-,25?,27+/m1/s1. The molecule has 1 aromatic carbocycles. The molecule has 194 valence electrons. The van der Waals surface area contributed by atoms with Crippen LogP contribution in [-0.2, 0) is 33.2 Å². The van der Waals surface area contributed by atoms with Gasteiger partial charge in [-0.2, -0.15) is 0 Å². The van der Waals surface area contributed by atoms with E-state index in [0.717, 1.165) is 23.6 Å². The fourth-order valence-corrected chi connectivity index (χ4v) is 6.74. The Bertz CT molecular complexity index is 1000. The van der Waals surface area contributed by atoms with Crippen molar-refractivity contribution in [3.05, 3.63) is 47.0 Å².